The second-order valence-corrected chi connectivity index (χ2v) is 1.34. The third-order valence-electron chi connectivity index (χ3n) is 0. The van der Waals surface area contributed by atoms with Gasteiger partial charge in [0.05, 0.1) is 0 Å². The molecule has 0 saturated heterocycles. The van der Waals surface area contributed by atoms with Crippen molar-refractivity contribution in [2.45, 2.75) is 0 Å². The van der Waals surface area contributed by atoms with Crippen LogP contribution in [0.5, 0.6) is 0 Å². The maximum absolute atomic E-state index is 8.74. The van der Waals surface area contributed by atoms with Gasteiger partial charge in [-0.3, -0.25) is 9.11 Å². The third-order valence-corrected chi connectivity index (χ3v) is 0. The Morgan fingerprint density at radius 1 is 0.900 bits per heavy atom. The predicted octanol–water partition coefficient (Wildman–Crippen LogP) is -9.60. The molecule has 0 atom stereocenters. The van der Waals surface area contributed by atoms with Gasteiger partial charge in [-0.2, -0.15) is 8.42 Å². The number of hydrogen-bond acceptors (Lipinski definition) is 2. The molecule has 4 nitrogen and oxygen atoms in total. The van der Waals surface area contributed by atoms with E-state index in [-0.39, 0.29) is 67.0 Å². The van der Waals surface area contributed by atoms with E-state index < -0.39 is 10.4 Å². The molecule has 2 N–H and O–H groups in total. The van der Waals surface area contributed by atoms with Gasteiger partial charge < -0.3 is 37.2 Å². The molecule has 0 amide bonds. The topological polar surface area (TPSA) is 74.6 Å². The molecule has 0 aromatic heterocycles. The Kier molecular flexibility index (Phi) is 70.4. The molecule has 0 aliphatic rings. The van der Waals surface area contributed by atoms with Crippen LogP contribution in [-0.2, 0) is 10.4 Å². The van der Waals surface area contributed by atoms with Crippen molar-refractivity contribution in [2.75, 3.05) is 0 Å². The van der Waals surface area contributed by atoms with Gasteiger partial charge in [0, 0.05) is 0 Å². The fourth-order valence-corrected chi connectivity index (χ4v) is 0. The van der Waals surface area contributed by atoms with Crippen molar-refractivity contribution in [3.63, 3.8) is 0 Å². The van der Waals surface area contributed by atoms with Crippen molar-refractivity contribution >= 4 is 40.2 Å². The van der Waals surface area contributed by atoms with Crippen LogP contribution in [0.15, 0.2) is 0 Å². The summed E-state index contributed by atoms with van der Waals surface area (Å²) < 4.78 is 31.6. The number of hydrogen-bond donors (Lipinski definition) is 2. The van der Waals surface area contributed by atoms with Crippen molar-refractivity contribution in [3.8, 4) is 0 Å². The Labute approximate surface area is 94.5 Å². The summed E-state index contributed by atoms with van der Waals surface area (Å²) in [4.78, 5) is 0. The van der Waals surface area contributed by atoms with Gasteiger partial charge in [-0.05, 0) is 0 Å². The SMILES string of the molecule is Cl.O=S(=O)(O)O.[Al+3].[Cl-].[Cl-].[Cl-]. The molecule has 0 fully saturated rings. The first kappa shape index (κ1) is 41.7. The smallest absolute Gasteiger partial charge is 1.00 e. The van der Waals surface area contributed by atoms with Gasteiger partial charge in [-0.1, -0.05) is 0 Å². The number of rotatable bonds is 0. The Balaban J connectivity index is -0.00000000800. The third kappa shape index (κ3) is 287. The molecule has 64 valence electrons. The first-order valence-electron chi connectivity index (χ1n) is 0.698. The summed E-state index contributed by atoms with van der Waals surface area (Å²) >= 11 is 0. The Morgan fingerprint density at radius 3 is 0.900 bits per heavy atom. The Morgan fingerprint density at radius 2 is 0.900 bits per heavy atom. The Hall–Kier alpha value is 1.56. The minimum absolute atomic E-state index is 0. The maximum Gasteiger partial charge on any atom is 3.00 e. The quantitative estimate of drug-likeness (QED) is 0.338. The predicted molar refractivity (Wildman–Crippen MR) is 27.2 cm³/mol. The molecule has 0 heterocycles. The van der Waals surface area contributed by atoms with Gasteiger partial charge >= 0.3 is 27.8 Å². The van der Waals surface area contributed by atoms with Crippen LogP contribution < -0.4 is 37.2 Å². The van der Waals surface area contributed by atoms with Gasteiger partial charge in [0.25, 0.3) is 0 Å². The minimum Gasteiger partial charge on any atom is -1.00 e. The first-order valence-corrected chi connectivity index (χ1v) is 2.10. The van der Waals surface area contributed by atoms with E-state index in [4.69, 9.17) is 17.5 Å². The molecule has 0 rings (SSSR count). The molecule has 0 aliphatic carbocycles. The van der Waals surface area contributed by atoms with Crippen LogP contribution in [0.4, 0.5) is 0 Å². The molecule has 10 heavy (non-hydrogen) atoms. The molecule has 0 aliphatic heterocycles. The zero-order chi connectivity index (χ0) is 4.50. The fourth-order valence-electron chi connectivity index (χ4n) is 0. The largest absolute Gasteiger partial charge is 3.00 e. The zero-order valence-electron chi connectivity index (χ0n) is 4.24. The summed E-state index contributed by atoms with van der Waals surface area (Å²) in [5, 5.41) is 0. The summed E-state index contributed by atoms with van der Waals surface area (Å²) in [6.45, 7) is 0. The van der Waals surface area contributed by atoms with Crippen molar-refractivity contribution in [1.82, 2.24) is 0 Å². The number of halogens is 4. The normalized spacial score (nSPS) is 5.80. The summed E-state index contributed by atoms with van der Waals surface area (Å²) in [6, 6.07) is 0. The van der Waals surface area contributed by atoms with E-state index in [0.29, 0.717) is 0 Å². The van der Waals surface area contributed by atoms with E-state index in [9.17, 15) is 0 Å². The van der Waals surface area contributed by atoms with Crippen LogP contribution in [-0.4, -0.2) is 34.9 Å². The van der Waals surface area contributed by atoms with Crippen LogP contribution in [0.3, 0.4) is 0 Å². The minimum atomic E-state index is -4.67. The van der Waals surface area contributed by atoms with Gasteiger partial charge in [0.15, 0.2) is 0 Å². The molecule has 0 radical (unpaired) electrons. The van der Waals surface area contributed by atoms with Crippen LogP contribution in [0.1, 0.15) is 0 Å². The van der Waals surface area contributed by atoms with Crippen molar-refractivity contribution in [1.29, 1.82) is 0 Å². The standard InChI is InChI=1S/Al.4ClH.H2O4S/c;;;;;1-5(2,3)4/h;4*1H;(H2,1,2,3,4)/q+3;;;;;/p-3. The van der Waals surface area contributed by atoms with E-state index in [0.717, 1.165) is 0 Å². The molecule has 0 spiro atoms. The molecule has 10 heteroatoms. The summed E-state index contributed by atoms with van der Waals surface area (Å²) in [5.74, 6) is 0. The summed E-state index contributed by atoms with van der Waals surface area (Å²) in [5.41, 5.74) is 0. The van der Waals surface area contributed by atoms with Crippen molar-refractivity contribution in [2.24, 2.45) is 0 Å². The van der Waals surface area contributed by atoms with Crippen LogP contribution >= 0.6 is 12.4 Å². The second-order valence-electron chi connectivity index (χ2n) is 0.448. The fraction of sp³-hybridized carbons (Fsp3) is 0. The van der Waals surface area contributed by atoms with Gasteiger partial charge in [-0.25, -0.2) is 0 Å². The van der Waals surface area contributed by atoms with Crippen molar-refractivity contribution < 1.29 is 54.7 Å². The van der Waals surface area contributed by atoms with Crippen molar-refractivity contribution in [3.05, 3.63) is 0 Å². The molecule has 0 aromatic rings. The van der Waals surface area contributed by atoms with Gasteiger partial charge in [0.1, 0.15) is 0 Å². The zero-order valence-corrected chi connectivity index (χ0v) is 9.29. The monoisotopic (exact) mass is 266 g/mol. The Bertz CT molecular complexity index is 100. The second kappa shape index (κ2) is 16.9. The van der Waals surface area contributed by atoms with E-state index in [1.54, 1.807) is 0 Å². The molecule has 0 saturated carbocycles. The van der Waals surface area contributed by atoms with Crippen LogP contribution in [0.2, 0.25) is 0 Å². The molecule has 0 unspecified atom stereocenters. The van der Waals surface area contributed by atoms with Crippen LogP contribution in [0.25, 0.3) is 0 Å². The van der Waals surface area contributed by atoms with E-state index >= 15 is 0 Å². The molecular weight excluding hydrogens is 265 g/mol. The van der Waals surface area contributed by atoms with E-state index in [1.807, 2.05) is 0 Å². The van der Waals surface area contributed by atoms with Gasteiger partial charge in [0.2, 0.25) is 0 Å². The average molecular weight is 268 g/mol. The van der Waals surface area contributed by atoms with E-state index in [2.05, 4.69) is 0 Å². The molecule has 0 aromatic carbocycles. The van der Waals surface area contributed by atoms with Gasteiger partial charge in [-0.15, -0.1) is 12.4 Å². The van der Waals surface area contributed by atoms with Crippen LogP contribution in [0, 0.1) is 0 Å². The molecular formula is H3AlCl4O4S. The first-order chi connectivity index (χ1) is 2.00. The summed E-state index contributed by atoms with van der Waals surface area (Å²) in [7, 11) is -4.67. The summed E-state index contributed by atoms with van der Waals surface area (Å²) in [6.07, 6.45) is 0. The van der Waals surface area contributed by atoms with E-state index in [1.165, 1.54) is 0 Å². The average Bonchev–Trinajstić information content (AvgIpc) is 0.722. The maximum atomic E-state index is 8.74. The molecule has 0 bridgehead atoms.